The quantitative estimate of drug-likeness (QED) is 0.724. The fourth-order valence-corrected chi connectivity index (χ4v) is 2.61. The maximum Gasteiger partial charge on any atom is 0.0951 e. The van der Waals surface area contributed by atoms with Crippen LogP contribution in [0.3, 0.4) is 0 Å². The van der Waals surface area contributed by atoms with Crippen LogP contribution in [0.15, 0.2) is 30.5 Å². The number of para-hydroxylation sites is 1. The van der Waals surface area contributed by atoms with Crippen LogP contribution in [-0.2, 0) is 13.6 Å². The van der Waals surface area contributed by atoms with Gasteiger partial charge in [0.05, 0.1) is 16.9 Å². The molecule has 5 heteroatoms. The van der Waals surface area contributed by atoms with Gasteiger partial charge in [0.2, 0.25) is 0 Å². The van der Waals surface area contributed by atoms with Crippen LogP contribution >= 0.6 is 0 Å². The molecular weight excluding hydrogens is 262 g/mol. The van der Waals surface area contributed by atoms with E-state index in [2.05, 4.69) is 22.3 Å². The Balaban J connectivity index is 1.94. The molecule has 0 atom stereocenters. The third-order valence-corrected chi connectivity index (χ3v) is 3.92. The van der Waals surface area contributed by atoms with Crippen LogP contribution in [0.4, 0.5) is 11.4 Å². The monoisotopic (exact) mass is 281 g/mol. The number of hydrogen-bond donors (Lipinski definition) is 2. The second-order valence-electron chi connectivity index (χ2n) is 5.23. The van der Waals surface area contributed by atoms with Crippen molar-refractivity contribution >= 4 is 22.3 Å². The molecule has 0 spiro atoms. The van der Waals surface area contributed by atoms with E-state index in [9.17, 15) is 0 Å². The first kappa shape index (κ1) is 13.4. The van der Waals surface area contributed by atoms with Crippen LogP contribution < -0.4 is 11.1 Å². The number of benzene rings is 1. The van der Waals surface area contributed by atoms with Crippen molar-refractivity contribution in [2.24, 2.45) is 7.05 Å². The zero-order valence-electron chi connectivity index (χ0n) is 12.5. The molecule has 0 radical (unpaired) electrons. The molecule has 0 saturated heterocycles. The summed E-state index contributed by atoms with van der Waals surface area (Å²) in [6.45, 7) is 4.85. The Morgan fingerprint density at radius 3 is 2.76 bits per heavy atom. The summed E-state index contributed by atoms with van der Waals surface area (Å²) in [6, 6.07) is 7.83. The zero-order valence-corrected chi connectivity index (χ0v) is 12.5. The summed E-state index contributed by atoms with van der Waals surface area (Å²) in [5.41, 5.74) is 12.0. The van der Waals surface area contributed by atoms with E-state index < -0.39 is 0 Å². The molecule has 3 N–H and O–H groups in total. The van der Waals surface area contributed by atoms with E-state index in [1.165, 1.54) is 11.3 Å². The number of nitrogens with two attached hydrogens (primary N) is 1. The predicted molar refractivity (Wildman–Crippen MR) is 86.2 cm³/mol. The molecule has 1 aromatic carbocycles. The fraction of sp³-hybridized carbons (Fsp3) is 0.250. The fourth-order valence-electron chi connectivity index (χ4n) is 2.61. The Labute approximate surface area is 123 Å². The molecule has 5 nitrogen and oxygen atoms in total. The Kier molecular flexibility index (Phi) is 3.25. The average Bonchev–Trinajstić information content (AvgIpc) is 2.71. The van der Waals surface area contributed by atoms with E-state index in [1.54, 1.807) is 6.20 Å². The highest BCUT2D eigenvalue weighted by Gasteiger charge is 2.10. The Morgan fingerprint density at radius 2 is 2.05 bits per heavy atom. The molecule has 3 aromatic rings. The van der Waals surface area contributed by atoms with Crippen molar-refractivity contribution in [3.63, 3.8) is 0 Å². The van der Waals surface area contributed by atoms with E-state index in [0.29, 0.717) is 5.69 Å². The minimum atomic E-state index is 0.699. The molecule has 0 aliphatic rings. The molecule has 0 amide bonds. The van der Waals surface area contributed by atoms with Gasteiger partial charge in [-0.15, -0.1) is 0 Å². The van der Waals surface area contributed by atoms with Gasteiger partial charge in [0.25, 0.3) is 0 Å². The van der Waals surface area contributed by atoms with Gasteiger partial charge in [-0.1, -0.05) is 12.1 Å². The lowest BCUT2D eigenvalue weighted by Crippen LogP contribution is -2.03. The minimum Gasteiger partial charge on any atom is -0.397 e. The molecular formula is C16H19N5. The molecule has 0 fully saturated rings. The van der Waals surface area contributed by atoms with Gasteiger partial charge in [0.15, 0.2) is 0 Å². The topological polar surface area (TPSA) is 68.8 Å². The van der Waals surface area contributed by atoms with Crippen molar-refractivity contribution in [1.29, 1.82) is 0 Å². The molecule has 0 aliphatic heterocycles. The minimum absolute atomic E-state index is 0.699. The number of fused-ring (bicyclic) bond motifs is 1. The van der Waals surface area contributed by atoms with E-state index in [-0.39, 0.29) is 0 Å². The van der Waals surface area contributed by atoms with Crippen molar-refractivity contribution in [1.82, 2.24) is 14.8 Å². The van der Waals surface area contributed by atoms with Gasteiger partial charge in [-0.3, -0.25) is 9.67 Å². The van der Waals surface area contributed by atoms with Crippen molar-refractivity contribution in [2.45, 2.75) is 20.4 Å². The number of nitrogens with zero attached hydrogens (tertiary/aromatic N) is 3. The summed E-state index contributed by atoms with van der Waals surface area (Å²) in [7, 11) is 1.97. The van der Waals surface area contributed by atoms with Gasteiger partial charge >= 0.3 is 0 Å². The number of anilines is 2. The normalized spacial score (nSPS) is 11.0. The highest BCUT2D eigenvalue weighted by Crippen LogP contribution is 2.26. The SMILES string of the molecule is Cc1nn(C)c(C)c1CNc1ccnc2c(N)cccc12. The summed E-state index contributed by atoms with van der Waals surface area (Å²) in [5, 5.41) is 8.96. The van der Waals surface area contributed by atoms with E-state index in [1.807, 2.05) is 42.9 Å². The van der Waals surface area contributed by atoms with Gasteiger partial charge in [0, 0.05) is 42.1 Å². The van der Waals surface area contributed by atoms with Crippen LogP contribution in [0.2, 0.25) is 0 Å². The number of rotatable bonds is 3. The molecule has 2 aromatic heterocycles. The van der Waals surface area contributed by atoms with Gasteiger partial charge < -0.3 is 11.1 Å². The molecule has 0 bridgehead atoms. The molecule has 108 valence electrons. The van der Waals surface area contributed by atoms with Crippen LogP contribution in [0.1, 0.15) is 17.0 Å². The van der Waals surface area contributed by atoms with Crippen molar-refractivity contribution in [2.75, 3.05) is 11.1 Å². The Bertz CT molecular complexity index is 804. The Morgan fingerprint density at radius 1 is 1.24 bits per heavy atom. The van der Waals surface area contributed by atoms with E-state index in [4.69, 9.17) is 5.73 Å². The number of aryl methyl sites for hydroxylation is 2. The van der Waals surface area contributed by atoms with E-state index >= 15 is 0 Å². The van der Waals surface area contributed by atoms with Gasteiger partial charge in [0.1, 0.15) is 0 Å². The van der Waals surface area contributed by atoms with Gasteiger partial charge in [-0.05, 0) is 26.0 Å². The summed E-state index contributed by atoms with van der Waals surface area (Å²) in [6.07, 6.45) is 1.78. The summed E-state index contributed by atoms with van der Waals surface area (Å²) in [5.74, 6) is 0. The molecule has 0 unspecified atom stereocenters. The second kappa shape index (κ2) is 5.09. The predicted octanol–water partition coefficient (Wildman–Crippen LogP) is 2.78. The lowest BCUT2D eigenvalue weighted by molar-refractivity contribution is 0.730. The van der Waals surface area contributed by atoms with Crippen LogP contribution in [0.25, 0.3) is 10.9 Å². The lowest BCUT2D eigenvalue weighted by Gasteiger charge is -2.10. The van der Waals surface area contributed by atoms with Crippen molar-refractivity contribution in [3.05, 3.63) is 47.4 Å². The summed E-state index contributed by atoms with van der Waals surface area (Å²) >= 11 is 0. The molecule has 0 saturated carbocycles. The Hall–Kier alpha value is -2.56. The van der Waals surface area contributed by atoms with Crippen LogP contribution in [-0.4, -0.2) is 14.8 Å². The first-order valence-electron chi connectivity index (χ1n) is 6.94. The van der Waals surface area contributed by atoms with E-state index in [0.717, 1.165) is 28.8 Å². The van der Waals surface area contributed by atoms with Crippen molar-refractivity contribution < 1.29 is 0 Å². The maximum atomic E-state index is 5.98. The third kappa shape index (κ3) is 2.31. The second-order valence-corrected chi connectivity index (χ2v) is 5.23. The molecule has 21 heavy (non-hydrogen) atoms. The summed E-state index contributed by atoms with van der Waals surface area (Å²) < 4.78 is 1.91. The van der Waals surface area contributed by atoms with Crippen LogP contribution in [0, 0.1) is 13.8 Å². The standard InChI is InChI=1S/C16H19N5/c1-10-13(11(2)21(3)20-10)9-19-15-7-8-18-16-12(15)5-4-6-14(16)17/h4-8H,9,17H2,1-3H3,(H,18,19). The number of hydrogen-bond acceptors (Lipinski definition) is 4. The maximum absolute atomic E-state index is 5.98. The number of aromatic nitrogens is 3. The number of pyridine rings is 1. The first-order chi connectivity index (χ1) is 10.1. The highest BCUT2D eigenvalue weighted by atomic mass is 15.3. The first-order valence-corrected chi connectivity index (χ1v) is 6.94. The zero-order chi connectivity index (χ0) is 15.0. The largest absolute Gasteiger partial charge is 0.397 e. The average molecular weight is 281 g/mol. The third-order valence-electron chi connectivity index (χ3n) is 3.92. The van der Waals surface area contributed by atoms with Gasteiger partial charge in [-0.2, -0.15) is 5.10 Å². The molecule has 2 heterocycles. The number of nitrogen functional groups attached to an aromatic ring is 1. The van der Waals surface area contributed by atoms with Crippen LogP contribution in [0.5, 0.6) is 0 Å². The number of nitrogens with one attached hydrogen (secondary N) is 1. The summed E-state index contributed by atoms with van der Waals surface area (Å²) in [4.78, 5) is 4.35. The van der Waals surface area contributed by atoms with Gasteiger partial charge in [-0.25, -0.2) is 0 Å². The molecule has 3 rings (SSSR count). The smallest absolute Gasteiger partial charge is 0.0951 e. The lowest BCUT2D eigenvalue weighted by atomic mass is 10.1. The van der Waals surface area contributed by atoms with Crippen molar-refractivity contribution in [3.8, 4) is 0 Å². The molecule has 0 aliphatic carbocycles. The highest BCUT2D eigenvalue weighted by molar-refractivity contribution is 5.97.